The molecule has 0 radical (unpaired) electrons. The number of carbonyl (C=O) groups is 1. The topological polar surface area (TPSA) is 37.3 Å². The molecule has 0 aliphatic heterocycles. The molecule has 120 valence electrons. The van der Waals surface area contributed by atoms with Crippen molar-refractivity contribution in [1.29, 1.82) is 0 Å². The van der Waals surface area contributed by atoms with Gasteiger partial charge in [-0.15, -0.1) is 0 Å². The number of aliphatic carboxylic acids is 1. The Bertz CT molecular complexity index is 772. The fourth-order valence-corrected chi connectivity index (χ4v) is 3.46. The number of hydrogen-bond acceptors (Lipinski definition) is 1. The van der Waals surface area contributed by atoms with Crippen LogP contribution in [0.3, 0.4) is 0 Å². The lowest BCUT2D eigenvalue weighted by atomic mass is 9.69. The third-order valence-electron chi connectivity index (χ3n) is 4.28. The molecule has 0 spiro atoms. The molecule has 0 aliphatic carbocycles. The van der Waals surface area contributed by atoms with Crippen molar-refractivity contribution in [3.8, 4) is 0 Å². The summed E-state index contributed by atoms with van der Waals surface area (Å²) in [6, 6.07) is 26.6. The van der Waals surface area contributed by atoms with Gasteiger partial charge in [0.05, 0.1) is 0 Å². The van der Waals surface area contributed by atoms with E-state index >= 15 is 0 Å². The van der Waals surface area contributed by atoms with Crippen molar-refractivity contribution >= 4 is 21.9 Å². The van der Waals surface area contributed by atoms with Gasteiger partial charge in [0.2, 0.25) is 0 Å². The SMILES string of the molecule is O=C(O)C(c1ccccc1)(c1ccccc1)c1ccc(CBr)cc1. The van der Waals surface area contributed by atoms with Crippen LogP contribution in [-0.2, 0) is 15.5 Å². The molecule has 0 unspecified atom stereocenters. The van der Waals surface area contributed by atoms with Crippen molar-refractivity contribution in [2.45, 2.75) is 10.7 Å². The van der Waals surface area contributed by atoms with Gasteiger partial charge in [-0.3, -0.25) is 4.79 Å². The maximum Gasteiger partial charge on any atom is 0.323 e. The van der Waals surface area contributed by atoms with Crippen molar-refractivity contribution in [1.82, 2.24) is 0 Å². The number of hydrogen-bond donors (Lipinski definition) is 1. The van der Waals surface area contributed by atoms with E-state index in [9.17, 15) is 9.90 Å². The summed E-state index contributed by atoms with van der Waals surface area (Å²) in [6.07, 6.45) is 0. The molecule has 0 aromatic heterocycles. The van der Waals surface area contributed by atoms with Gasteiger partial charge < -0.3 is 5.11 Å². The Morgan fingerprint density at radius 2 is 1.17 bits per heavy atom. The first-order chi connectivity index (χ1) is 11.7. The monoisotopic (exact) mass is 380 g/mol. The molecule has 0 aliphatic rings. The Balaban J connectivity index is 2.32. The molecule has 3 aromatic rings. The normalized spacial score (nSPS) is 11.2. The van der Waals surface area contributed by atoms with Crippen LogP contribution in [-0.4, -0.2) is 11.1 Å². The standard InChI is InChI=1S/C21H17BrO2/c22-15-16-11-13-19(14-12-16)21(20(23)24,17-7-3-1-4-8-17)18-9-5-2-6-10-18/h1-14H,15H2,(H,23,24). The summed E-state index contributed by atoms with van der Waals surface area (Å²) in [4.78, 5) is 12.6. The minimum absolute atomic E-state index is 0.740. The Morgan fingerprint density at radius 1 is 0.750 bits per heavy atom. The Labute approximate surface area is 149 Å². The van der Waals surface area contributed by atoms with E-state index in [1.54, 1.807) is 0 Å². The first kappa shape index (κ1) is 16.5. The van der Waals surface area contributed by atoms with Crippen molar-refractivity contribution in [2.75, 3.05) is 0 Å². The molecule has 1 N–H and O–H groups in total. The molecule has 0 saturated carbocycles. The van der Waals surface area contributed by atoms with Gasteiger partial charge in [-0.05, 0) is 22.3 Å². The van der Waals surface area contributed by atoms with Crippen LogP contribution in [0.1, 0.15) is 22.3 Å². The average molecular weight is 381 g/mol. The quantitative estimate of drug-likeness (QED) is 0.499. The zero-order chi connectivity index (χ0) is 17.0. The van der Waals surface area contributed by atoms with Crippen molar-refractivity contribution < 1.29 is 9.90 Å². The summed E-state index contributed by atoms with van der Waals surface area (Å²) in [5, 5.41) is 11.0. The smallest absolute Gasteiger partial charge is 0.323 e. The molecule has 0 amide bonds. The molecule has 0 fully saturated rings. The van der Waals surface area contributed by atoms with Crippen molar-refractivity contribution in [2.24, 2.45) is 0 Å². The van der Waals surface area contributed by atoms with Gasteiger partial charge in [0.1, 0.15) is 5.41 Å². The molecule has 0 atom stereocenters. The zero-order valence-electron chi connectivity index (χ0n) is 13.0. The average Bonchev–Trinajstić information content (AvgIpc) is 2.64. The maximum atomic E-state index is 12.6. The van der Waals surface area contributed by atoms with E-state index < -0.39 is 11.4 Å². The van der Waals surface area contributed by atoms with Gasteiger partial charge in [-0.25, -0.2) is 0 Å². The van der Waals surface area contributed by atoms with Gasteiger partial charge in [-0.1, -0.05) is 101 Å². The van der Waals surface area contributed by atoms with E-state index in [4.69, 9.17) is 0 Å². The number of carboxylic acid groups (broad SMARTS) is 1. The molecule has 3 aromatic carbocycles. The van der Waals surface area contributed by atoms with E-state index in [1.807, 2.05) is 84.9 Å². The Hall–Kier alpha value is -2.39. The summed E-state index contributed by atoms with van der Waals surface area (Å²) in [6.45, 7) is 0. The number of benzene rings is 3. The lowest BCUT2D eigenvalue weighted by molar-refractivity contribution is -0.140. The van der Waals surface area contributed by atoms with Gasteiger partial charge in [0, 0.05) is 5.33 Å². The summed E-state index contributed by atoms with van der Waals surface area (Å²) in [7, 11) is 0. The van der Waals surface area contributed by atoms with Gasteiger partial charge >= 0.3 is 5.97 Å². The third kappa shape index (κ3) is 2.76. The Kier molecular flexibility index (Phi) is 4.81. The molecule has 2 nitrogen and oxygen atoms in total. The van der Waals surface area contributed by atoms with E-state index in [0.29, 0.717) is 0 Å². The Morgan fingerprint density at radius 3 is 1.54 bits per heavy atom. The second kappa shape index (κ2) is 7.02. The number of rotatable bonds is 5. The molecule has 0 saturated heterocycles. The first-order valence-electron chi connectivity index (χ1n) is 7.69. The fraction of sp³-hybridized carbons (Fsp3) is 0.0952. The highest BCUT2D eigenvalue weighted by atomic mass is 79.9. The minimum Gasteiger partial charge on any atom is -0.480 e. The van der Waals surface area contributed by atoms with E-state index in [1.165, 1.54) is 0 Å². The van der Waals surface area contributed by atoms with E-state index in [0.717, 1.165) is 27.6 Å². The lowest BCUT2D eigenvalue weighted by Gasteiger charge is -2.31. The van der Waals surface area contributed by atoms with Crippen LogP contribution >= 0.6 is 15.9 Å². The fourth-order valence-electron chi connectivity index (χ4n) is 3.09. The number of carboxylic acids is 1. The predicted octanol–water partition coefficient (Wildman–Crippen LogP) is 5.00. The largest absolute Gasteiger partial charge is 0.480 e. The second-order valence-corrected chi connectivity index (χ2v) is 6.18. The third-order valence-corrected chi connectivity index (χ3v) is 4.92. The maximum absolute atomic E-state index is 12.6. The molecular weight excluding hydrogens is 364 g/mol. The van der Waals surface area contributed by atoms with E-state index in [-0.39, 0.29) is 0 Å². The van der Waals surface area contributed by atoms with Crippen LogP contribution < -0.4 is 0 Å². The van der Waals surface area contributed by atoms with Crippen LogP contribution in [0.25, 0.3) is 0 Å². The van der Waals surface area contributed by atoms with Crippen molar-refractivity contribution in [3.05, 3.63) is 107 Å². The highest BCUT2D eigenvalue weighted by Crippen LogP contribution is 2.39. The minimum atomic E-state index is -1.23. The molecule has 3 rings (SSSR count). The second-order valence-electron chi connectivity index (χ2n) is 5.62. The summed E-state index contributed by atoms with van der Waals surface area (Å²) < 4.78 is 0. The molecule has 0 heterocycles. The van der Waals surface area contributed by atoms with Crippen LogP contribution in [0.2, 0.25) is 0 Å². The summed E-state index contributed by atoms with van der Waals surface area (Å²) in [5.74, 6) is -0.883. The van der Waals surface area contributed by atoms with Gasteiger partial charge in [-0.2, -0.15) is 0 Å². The zero-order valence-corrected chi connectivity index (χ0v) is 14.6. The van der Waals surface area contributed by atoms with Crippen LogP contribution in [0.4, 0.5) is 0 Å². The van der Waals surface area contributed by atoms with Crippen LogP contribution in [0.5, 0.6) is 0 Å². The number of halogens is 1. The highest BCUT2D eigenvalue weighted by molar-refractivity contribution is 9.08. The van der Waals surface area contributed by atoms with Gasteiger partial charge in [0.25, 0.3) is 0 Å². The van der Waals surface area contributed by atoms with Crippen LogP contribution in [0, 0.1) is 0 Å². The lowest BCUT2D eigenvalue weighted by Crippen LogP contribution is -2.38. The van der Waals surface area contributed by atoms with Crippen molar-refractivity contribution in [3.63, 3.8) is 0 Å². The molecular formula is C21H17BrO2. The molecule has 0 bridgehead atoms. The number of alkyl halides is 1. The predicted molar refractivity (Wildman–Crippen MR) is 99.5 cm³/mol. The molecule has 3 heteroatoms. The summed E-state index contributed by atoms with van der Waals surface area (Å²) in [5.41, 5.74) is 2.12. The first-order valence-corrected chi connectivity index (χ1v) is 8.81. The molecule has 24 heavy (non-hydrogen) atoms. The van der Waals surface area contributed by atoms with Crippen LogP contribution in [0.15, 0.2) is 84.9 Å². The summed E-state index contributed by atoms with van der Waals surface area (Å²) >= 11 is 3.43. The highest BCUT2D eigenvalue weighted by Gasteiger charge is 2.43. The van der Waals surface area contributed by atoms with Gasteiger partial charge in [0.15, 0.2) is 0 Å². The van der Waals surface area contributed by atoms with E-state index in [2.05, 4.69) is 15.9 Å².